The van der Waals surface area contributed by atoms with Crippen LogP contribution in [0.4, 0.5) is 5.69 Å². The number of methoxy groups -OCH3 is 1. The SMILES string of the molecule is COc1ccc([C@H]2CC(CCc3c[nH]c4ccccc34)=NN2c2ccccc2)cc1. The highest BCUT2D eigenvalue weighted by Crippen LogP contribution is 2.36. The van der Waals surface area contributed by atoms with E-state index in [4.69, 9.17) is 9.84 Å². The fourth-order valence-electron chi connectivity index (χ4n) is 4.25. The fraction of sp³-hybridized carbons (Fsp3) is 0.192. The molecule has 30 heavy (non-hydrogen) atoms. The highest BCUT2D eigenvalue weighted by Gasteiger charge is 2.29. The average molecular weight is 396 g/mol. The molecular weight excluding hydrogens is 370 g/mol. The van der Waals surface area contributed by atoms with Crippen molar-refractivity contribution in [3.05, 3.63) is 96.2 Å². The minimum absolute atomic E-state index is 0.205. The number of ether oxygens (including phenoxy) is 1. The first-order chi connectivity index (χ1) is 14.8. The minimum atomic E-state index is 0.205. The highest BCUT2D eigenvalue weighted by atomic mass is 16.5. The second-order valence-electron chi connectivity index (χ2n) is 7.70. The van der Waals surface area contributed by atoms with Crippen LogP contribution in [0.15, 0.2) is 90.2 Å². The number of rotatable bonds is 6. The van der Waals surface area contributed by atoms with Crippen LogP contribution in [0.1, 0.15) is 30.0 Å². The number of aryl methyl sites for hydroxylation is 1. The first-order valence-corrected chi connectivity index (χ1v) is 10.4. The first-order valence-electron chi connectivity index (χ1n) is 10.4. The summed E-state index contributed by atoms with van der Waals surface area (Å²) in [4.78, 5) is 3.38. The van der Waals surface area contributed by atoms with E-state index in [0.717, 1.165) is 30.7 Å². The van der Waals surface area contributed by atoms with Crippen LogP contribution in [0.3, 0.4) is 0 Å². The van der Waals surface area contributed by atoms with Gasteiger partial charge in [0.05, 0.1) is 18.8 Å². The molecule has 0 unspecified atom stereocenters. The van der Waals surface area contributed by atoms with E-state index in [2.05, 4.69) is 76.9 Å². The molecule has 150 valence electrons. The van der Waals surface area contributed by atoms with Crippen molar-refractivity contribution in [1.82, 2.24) is 4.98 Å². The molecule has 0 saturated heterocycles. The maximum atomic E-state index is 5.33. The molecule has 4 heteroatoms. The molecule has 0 amide bonds. The van der Waals surface area contributed by atoms with Crippen molar-refractivity contribution in [3.8, 4) is 5.75 Å². The molecule has 0 bridgehead atoms. The number of fused-ring (bicyclic) bond motifs is 1. The van der Waals surface area contributed by atoms with Crippen LogP contribution in [0.25, 0.3) is 10.9 Å². The Balaban J connectivity index is 1.39. The third kappa shape index (κ3) is 3.57. The van der Waals surface area contributed by atoms with Gasteiger partial charge in [-0.2, -0.15) is 5.10 Å². The average Bonchev–Trinajstić information content (AvgIpc) is 3.43. The van der Waals surface area contributed by atoms with Crippen LogP contribution in [-0.4, -0.2) is 17.8 Å². The van der Waals surface area contributed by atoms with E-state index in [9.17, 15) is 0 Å². The Bertz CT molecular complexity index is 1160. The van der Waals surface area contributed by atoms with E-state index in [1.807, 2.05) is 18.2 Å². The number of H-pyrrole nitrogens is 1. The third-order valence-electron chi connectivity index (χ3n) is 5.85. The quantitative estimate of drug-likeness (QED) is 0.427. The van der Waals surface area contributed by atoms with Gasteiger partial charge in [-0.25, -0.2) is 0 Å². The van der Waals surface area contributed by atoms with E-state index in [-0.39, 0.29) is 6.04 Å². The number of benzene rings is 3. The third-order valence-corrected chi connectivity index (χ3v) is 5.85. The number of aromatic amines is 1. The molecule has 0 fully saturated rings. The molecule has 1 aromatic heterocycles. The molecule has 1 atom stereocenters. The normalized spacial score (nSPS) is 16.1. The zero-order valence-electron chi connectivity index (χ0n) is 17.1. The Morgan fingerprint density at radius 3 is 2.50 bits per heavy atom. The molecule has 0 saturated carbocycles. The Kier molecular flexibility index (Phi) is 4.98. The van der Waals surface area contributed by atoms with E-state index in [1.165, 1.54) is 27.7 Å². The number of hydrogen-bond donors (Lipinski definition) is 1. The highest BCUT2D eigenvalue weighted by molar-refractivity contribution is 5.90. The van der Waals surface area contributed by atoms with E-state index in [0.29, 0.717) is 0 Å². The fourth-order valence-corrected chi connectivity index (χ4v) is 4.25. The number of aromatic nitrogens is 1. The molecule has 4 nitrogen and oxygen atoms in total. The van der Waals surface area contributed by atoms with Gasteiger partial charge in [0.25, 0.3) is 0 Å². The van der Waals surface area contributed by atoms with Gasteiger partial charge in [-0.15, -0.1) is 0 Å². The largest absolute Gasteiger partial charge is 0.497 e. The topological polar surface area (TPSA) is 40.6 Å². The van der Waals surface area contributed by atoms with Crippen molar-refractivity contribution in [3.63, 3.8) is 0 Å². The predicted molar refractivity (Wildman–Crippen MR) is 123 cm³/mol. The van der Waals surface area contributed by atoms with Crippen LogP contribution < -0.4 is 9.75 Å². The van der Waals surface area contributed by atoms with Gasteiger partial charge in [0.15, 0.2) is 0 Å². The van der Waals surface area contributed by atoms with Gasteiger partial charge < -0.3 is 9.72 Å². The summed E-state index contributed by atoms with van der Waals surface area (Å²) in [5, 5.41) is 8.53. The van der Waals surface area contributed by atoms with Crippen LogP contribution in [0.2, 0.25) is 0 Å². The van der Waals surface area contributed by atoms with Gasteiger partial charge in [0.2, 0.25) is 0 Å². The number of para-hydroxylation sites is 2. The summed E-state index contributed by atoms with van der Waals surface area (Å²) in [5.74, 6) is 0.878. The summed E-state index contributed by atoms with van der Waals surface area (Å²) in [5.41, 5.74) is 6.17. The second kappa shape index (κ2) is 8.07. The molecule has 1 aliphatic heterocycles. The number of nitrogens with one attached hydrogen (secondary N) is 1. The van der Waals surface area contributed by atoms with Gasteiger partial charge in [0.1, 0.15) is 5.75 Å². The van der Waals surface area contributed by atoms with E-state index >= 15 is 0 Å². The molecule has 0 aliphatic carbocycles. The lowest BCUT2D eigenvalue weighted by Gasteiger charge is -2.24. The van der Waals surface area contributed by atoms with Gasteiger partial charge in [-0.05, 0) is 54.3 Å². The molecular formula is C26H25N3O. The lowest BCUT2D eigenvalue weighted by atomic mass is 9.98. The van der Waals surface area contributed by atoms with E-state index < -0.39 is 0 Å². The first kappa shape index (κ1) is 18.5. The molecule has 4 aromatic rings. The smallest absolute Gasteiger partial charge is 0.118 e. The summed E-state index contributed by atoms with van der Waals surface area (Å²) in [6.45, 7) is 0. The molecule has 3 aromatic carbocycles. The summed E-state index contributed by atoms with van der Waals surface area (Å²) in [7, 11) is 1.70. The summed E-state index contributed by atoms with van der Waals surface area (Å²) in [6, 6.07) is 27.5. The van der Waals surface area contributed by atoms with Crippen LogP contribution >= 0.6 is 0 Å². The number of hydrogen-bond acceptors (Lipinski definition) is 3. The van der Waals surface area contributed by atoms with Gasteiger partial charge >= 0.3 is 0 Å². The maximum Gasteiger partial charge on any atom is 0.118 e. The monoisotopic (exact) mass is 395 g/mol. The molecule has 1 N–H and O–H groups in total. The Morgan fingerprint density at radius 1 is 0.933 bits per heavy atom. The lowest BCUT2D eigenvalue weighted by molar-refractivity contribution is 0.414. The zero-order valence-corrected chi connectivity index (χ0v) is 17.1. The summed E-state index contributed by atoms with van der Waals surface area (Å²) >= 11 is 0. The zero-order chi connectivity index (χ0) is 20.3. The Labute approximate surface area is 176 Å². The Hall–Kier alpha value is -3.53. The van der Waals surface area contributed by atoms with E-state index in [1.54, 1.807) is 7.11 Å². The standard InChI is InChI=1S/C26H25N3O/c1-30-23-15-12-19(13-16-23)26-17-21(28-29(26)22-7-3-2-4-8-22)14-11-20-18-27-25-10-6-5-9-24(20)25/h2-10,12-13,15-16,18,26-27H,11,14,17H2,1H3/t26-/m1/s1. The number of hydrazone groups is 1. The minimum Gasteiger partial charge on any atom is -0.497 e. The molecule has 0 spiro atoms. The Morgan fingerprint density at radius 2 is 1.70 bits per heavy atom. The van der Waals surface area contributed by atoms with Crippen molar-refractivity contribution >= 4 is 22.3 Å². The molecule has 5 rings (SSSR count). The predicted octanol–water partition coefficient (Wildman–Crippen LogP) is 6.12. The van der Waals surface area contributed by atoms with Crippen molar-refractivity contribution in [1.29, 1.82) is 0 Å². The summed E-state index contributed by atoms with van der Waals surface area (Å²) in [6.07, 6.45) is 5.01. The molecule has 1 aliphatic rings. The maximum absolute atomic E-state index is 5.33. The van der Waals surface area contributed by atoms with Gasteiger partial charge in [-0.3, -0.25) is 5.01 Å². The number of nitrogens with zero attached hydrogens (tertiary/aromatic N) is 2. The van der Waals surface area contributed by atoms with Crippen LogP contribution in [0.5, 0.6) is 5.75 Å². The molecule has 2 heterocycles. The van der Waals surface area contributed by atoms with Crippen molar-refractivity contribution < 1.29 is 4.74 Å². The molecule has 0 radical (unpaired) electrons. The second-order valence-corrected chi connectivity index (χ2v) is 7.70. The van der Waals surface area contributed by atoms with Crippen molar-refractivity contribution in [2.24, 2.45) is 5.10 Å². The van der Waals surface area contributed by atoms with Crippen molar-refractivity contribution in [2.45, 2.75) is 25.3 Å². The van der Waals surface area contributed by atoms with Gasteiger partial charge in [-0.1, -0.05) is 48.5 Å². The van der Waals surface area contributed by atoms with Gasteiger partial charge in [0, 0.05) is 29.2 Å². The number of anilines is 1. The summed E-state index contributed by atoms with van der Waals surface area (Å²) < 4.78 is 5.33. The van der Waals surface area contributed by atoms with Crippen molar-refractivity contribution in [2.75, 3.05) is 12.1 Å². The van der Waals surface area contributed by atoms with Crippen LogP contribution in [-0.2, 0) is 6.42 Å². The lowest BCUT2D eigenvalue weighted by Crippen LogP contribution is -2.18. The van der Waals surface area contributed by atoms with Crippen LogP contribution in [0, 0.1) is 0 Å².